The van der Waals surface area contributed by atoms with E-state index in [1.165, 1.54) is 45.5 Å². The molecule has 12 heteroatoms. The molecule has 0 radical (unpaired) electrons. The van der Waals surface area contributed by atoms with Crippen molar-refractivity contribution in [2.45, 2.75) is 24.6 Å². The van der Waals surface area contributed by atoms with Crippen molar-refractivity contribution in [1.82, 2.24) is 19.9 Å². The zero-order valence-corrected chi connectivity index (χ0v) is 19.6. The molecule has 3 rings (SSSR count). The molecule has 1 aliphatic rings. The Hall–Kier alpha value is -3.25. The zero-order valence-electron chi connectivity index (χ0n) is 18.8. The maximum Gasteiger partial charge on any atom is 0.274 e. The van der Waals surface area contributed by atoms with Gasteiger partial charge in [-0.3, -0.25) is 10.2 Å². The van der Waals surface area contributed by atoms with Crippen LogP contribution < -0.4 is 20.7 Å². The highest BCUT2D eigenvalue weighted by molar-refractivity contribution is 7.90. The van der Waals surface area contributed by atoms with Gasteiger partial charge in [0, 0.05) is 24.8 Å². The van der Waals surface area contributed by atoms with Crippen molar-refractivity contribution in [2.75, 3.05) is 32.6 Å². The molecule has 2 heterocycles. The van der Waals surface area contributed by atoms with E-state index in [9.17, 15) is 13.2 Å². The molecule has 0 saturated carbocycles. The second kappa shape index (κ2) is 9.32. The summed E-state index contributed by atoms with van der Waals surface area (Å²) < 4.78 is 47.2. The number of hydrogen-bond donors (Lipinski definition) is 4. The van der Waals surface area contributed by atoms with Crippen molar-refractivity contribution in [3.63, 3.8) is 0 Å². The standard InChI is InChI=1S/C21H27FN6O4S/c1-5-24-12-18-21(2,27-20(23)28(3)33(18,30)31)15-10-13(6-8-16(15)22)26-19(29)17-9-7-14(32-4)11-25-17/h6-11,18,24H,5,12H2,1-4H3,(H2,23,27)(H,26,29)/t18-,21+/m0/s1. The highest BCUT2D eigenvalue weighted by Gasteiger charge is 2.52. The van der Waals surface area contributed by atoms with Crippen molar-refractivity contribution in [3.8, 4) is 5.75 Å². The second-order valence-electron chi connectivity index (χ2n) is 7.72. The number of carbonyl (C=O) groups excluding carboxylic acids is 1. The number of nitrogens with one attached hydrogen (secondary N) is 4. The molecule has 1 fully saturated rings. The molecule has 2 aromatic rings. The monoisotopic (exact) mass is 478 g/mol. The third-order valence-electron chi connectivity index (χ3n) is 5.65. The van der Waals surface area contributed by atoms with Crippen LogP contribution in [0.4, 0.5) is 10.1 Å². The Bertz CT molecular complexity index is 1160. The summed E-state index contributed by atoms with van der Waals surface area (Å²) in [5.41, 5.74) is -1.09. The summed E-state index contributed by atoms with van der Waals surface area (Å²) in [4.78, 5) is 16.6. The van der Waals surface area contributed by atoms with Crippen molar-refractivity contribution in [1.29, 1.82) is 5.41 Å². The number of rotatable bonds is 7. The molecule has 10 nitrogen and oxygen atoms in total. The quantitative estimate of drug-likeness (QED) is 0.473. The Morgan fingerprint density at radius 3 is 2.70 bits per heavy atom. The van der Waals surface area contributed by atoms with Crippen LogP contribution in [0.15, 0.2) is 36.5 Å². The summed E-state index contributed by atoms with van der Waals surface area (Å²) in [6.07, 6.45) is 1.40. The summed E-state index contributed by atoms with van der Waals surface area (Å²) in [7, 11) is -1.21. The topological polar surface area (TPSA) is 137 Å². The van der Waals surface area contributed by atoms with Crippen molar-refractivity contribution in [3.05, 3.63) is 53.6 Å². The number of aromatic nitrogens is 1. The Balaban J connectivity index is 1.99. The van der Waals surface area contributed by atoms with Gasteiger partial charge < -0.3 is 20.7 Å². The summed E-state index contributed by atoms with van der Waals surface area (Å²) in [6.45, 7) is 3.90. The molecule has 0 bridgehead atoms. The minimum Gasteiger partial charge on any atom is -0.495 e. The predicted octanol–water partition coefficient (Wildman–Crippen LogP) is 1.47. The van der Waals surface area contributed by atoms with E-state index in [2.05, 4.69) is 20.9 Å². The fourth-order valence-electron chi connectivity index (χ4n) is 3.68. The number of pyridine rings is 1. The van der Waals surface area contributed by atoms with Crippen LogP contribution in [0.1, 0.15) is 29.9 Å². The number of halogens is 1. The summed E-state index contributed by atoms with van der Waals surface area (Å²) in [5, 5.41) is 15.5. The van der Waals surface area contributed by atoms with E-state index < -0.39 is 32.5 Å². The third-order valence-corrected chi connectivity index (χ3v) is 7.95. The van der Waals surface area contributed by atoms with Crippen LogP contribution in [-0.4, -0.2) is 62.1 Å². The maximum absolute atomic E-state index is 15.0. The Morgan fingerprint density at radius 1 is 1.36 bits per heavy atom. The molecule has 2 atom stereocenters. The van der Waals surface area contributed by atoms with Crippen LogP contribution in [0.3, 0.4) is 0 Å². The largest absolute Gasteiger partial charge is 0.495 e. The predicted molar refractivity (Wildman–Crippen MR) is 122 cm³/mol. The first-order chi connectivity index (χ1) is 15.5. The Morgan fingerprint density at radius 2 is 2.09 bits per heavy atom. The number of nitrogens with zero attached hydrogens (tertiary/aromatic N) is 2. The van der Waals surface area contributed by atoms with Crippen LogP contribution >= 0.6 is 0 Å². The highest BCUT2D eigenvalue weighted by Crippen LogP contribution is 2.36. The minimum absolute atomic E-state index is 0.00678. The van der Waals surface area contributed by atoms with Crippen molar-refractivity contribution < 1.29 is 22.3 Å². The number of ether oxygens (including phenoxy) is 1. The van der Waals surface area contributed by atoms with Gasteiger partial charge in [-0.1, -0.05) is 6.92 Å². The molecule has 4 N–H and O–H groups in total. The maximum atomic E-state index is 15.0. The first kappa shape index (κ1) is 24.4. The average Bonchev–Trinajstić information content (AvgIpc) is 2.79. The number of methoxy groups -OCH3 is 1. The van der Waals surface area contributed by atoms with Gasteiger partial charge in [0.05, 0.1) is 18.8 Å². The number of benzene rings is 1. The second-order valence-corrected chi connectivity index (χ2v) is 9.86. The van der Waals surface area contributed by atoms with E-state index in [4.69, 9.17) is 10.1 Å². The van der Waals surface area contributed by atoms with Gasteiger partial charge in [-0.2, -0.15) is 0 Å². The van der Waals surface area contributed by atoms with Crippen LogP contribution in [0, 0.1) is 11.2 Å². The van der Waals surface area contributed by atoms with E-state index in [0.717, 1.165) is 10.4 Å². The number of hydrogen-bond acceptors (Lipinski definition) is 7. The van der Waals surface area contributed by atoms with Crippen LogP contribution in [0.25, 0.3) is 0 Å². The van der Waals surface area contributed by atoms with E-state index in [0.29, 0.717) is 12.3 Å². The molecule has 178 valence electrons. The lowest BCUT2D eigenvalue weighted by molar-refractivity contribution is 0.102. The molecule has 0 unspecified atom stereocenters. The molecule has 1 aromatic heterocycles. The molecular formula is C21H27FN6O4S. The molecule has 1 aromatic carbocycles. The summed E-state index contributed by atoms with van der Waals surface area (Å²) in [6, 6.07) is 6.97. The minimum atomic E-state index is -3.97. The average molecular weight is 479 g/mol. The SMILES string of the molecule is CCNC[C@H]1[C@@](C)(c2cc(NC(=O)c3ccc(OC)cn3)ccc2F)NC(=N)N(C)S1(=O)=O. The van der Waals surface area contributed by atoms with Crippen molar-refractivity contribution >= 4 is 27.6 Å². The van der Waals surface area contributed by atoms with Gasteiger partial charge in [0.2, 0.25) is 16.0 Å². The lowest BCUT2D eigenvalue weighted by atomic mass is 9.87. The van der Waals surface area contributed by atoms with Gasteiger partial charge in [0.25, 0.3) is 5.91 Å². The van der Waals surface area contributed by atoms with E-state index in [1.54, 1.807) is 6.07 Å². The van der Waals surface area contributed by atoms with E-state index in [1.807, 2.05) is 6.92 Å². The molecule has 1 amide bonds. The fraction of sp³-hybridized carbons (Fsp3) is 0.381. The Labute approximate surface area is 192 Å². The van der Waals surface area contributed by atoms with Gasteiger partial charge in [0.15, 0.2) is 0 Å². The molecule has 1 aliphatic heterocycles. The van der Waals surface area contributed by atoms with Crippen molar-refractivity contribution in [2.24, 2.45) is 0 Å². The lowest BCUT2D eigenvalue weighted by Crippen LogP contribution is -2.68. The van der Waals surface area contributed by atoms with Crippen LogP contribution in [-0.2, 0) is 15.6 Å². The Kier molecular flexibility index (Phi) is 6.89. The number of guanidine groups is 1. The highest BCUT2D eigenvalue weighted by atomic mass is 32.2. The molecular weight excluding hydrogens is 451 g/mol. The fourth-order valence-corrected chi connectivity index (χ4v) is 5.47. The zero-order chi connectivity index (χ0) is 24.4. The summed E-state index contributed by atoms with van der Waals surface area (Å²) >= 11 is 0. The van der Waals surface area contributed by atoms with Crippen LogP contribution in [0.5, 0.6) is 5.75 Å². The number of anilines is 1. The third kappa shape index (κ3) is 4.62. The van der Waals surface area contributed by atoms with Gasteiger partial charge in [-0.15, -0.1) is 0 Å². The molecule has 33 heavy (non-hydrogen) atoms. The number of sulfonamides is 1. The first-order valence-corrected chi connectivity index (χ1v) is 11.7. The van der Waals surface area contributed by atoms with Gasteiger partial charge >= 0.3 is 0 Å². The summed E-state index contributed by atoms with van der Waals surface area (Å²) in [5.74, 6) is -1.07. The number of amides is 1. The molecule has 0 spiro atoms. The molecule has 0 aliphatic carbocycles. The normalized spacial score (nSPS) is 21.9. The van der Waals surface area contributed by atoms with Gasteiger partial charge in [0.1, 0.15) is 22.5 Å². The van der Waals surface area contributed by atoms with Gasteiger partial charge in [-0.25, -0.2) is 22.1 Å². The first-order valence-electron chi connectivity index (χ1n) is 10.2. The van der Waals surface area contributed by atoms with Crippen LogP contribution in [0.2, 0.25) is 0 Å². The smallest absolute Gasteiger partial charge is 0.274 e. The van der Waals surface area contributed by atoms with Gasteiger partial charge in [-0.05, 0) is 43.8 Å². The van der Waals surface area contributed by atoms with E-state index in [-0.39, 0.29) is 29.4 Å². The number of carbonyl (C=O) groups is 1. The molecule has 1 saturated heterocycles. The van der Waals surface area contributed by atoms with E-state index >= 15 is 4.39 Å². The lowest BCUT2D eigenvalue weighted by Gasteiger charge is -2.46.